The van der Waals surface area contributed by atoms with E-state index in [4.69, 9.17) is 14.2 Å². The highest BCUT2D eigenvalue weighted by Crippen LogP contribution is 2.64. The van der Waals surface area contributed by atoms with Crippen LogP contribution in [0.3, 0.4) is 0 Å². The van der Waals surface area contributed by atoms with E-state index in [0.29, 0.717) is 29.7 Å². The maximum atomic E-state index is 12.5. The van der Waals surface area contributed by atoms with Crippen molar-refractivity contribution in [2.75, 3.05) is 32.8 Å². The number of fused-ring (bicyclic) bond motifs is 3. The van der Waals surface area contributed by atoms with E-state index < -0.39 is 0 Å². The zero-order valence-electron chi connectivity index (χ0n) is 26.6. The van der Waals surface area contributed by atoms with Gasteiger partial charge in [-0.2, -0.15) is 0 Å². The summed E-state index contributed by atoms with van der Waals surface area (Å²) in [6, 6.07) is 0. The highest BCUT2D eigenvalue weighted by atomic mass is 16.7. The number of hydrogen-bond donors (Lipinski definition) is 1. The molecule has 4 fully saturated rings. The maximum absolute atomic E-state index is 12.5. The molecular formula is C34H58N2O4. The minimum Gasteiger partial charge on any atom is -0.446 e. The largest absolute Gasteiger partial charge is 0.446 e. The Morgan fingerprint density at radius 1 is 1.10 bits per heavy atom. The van der Waals surface area contributed by atoms with E-state index >= 15 is 0 Å². The van der Waals surface area contributed by atoms with E-state index in [0.717, 1.165) is 63.8 Å². The Kier molecular flexibility index (Phi) is 9.01. The van der Waals surface area contributed by atoms with Crippen LogP contribution in [-0.4, -0.2) is 61.8 Å². The monoisotopic (exact) mass is 558 g/mol. The first kappa shape index (κ1) is 30.4. The van der Waals surface area contributed by atoms with Crippen LogP contribution < -0.4 is 5.32 Å². The molecule has 10 atom stereocenters. The van der Waals surface area contributed by atoms with Crippen molar-refractivity contribution in [2.45, 2.75) is 124 Å². The van der Waals surface area contributed by atoms with Gasteiger partial charge in [0.2, 0.25) is 0 Å². The zero-order valence-corrected chi connectivity index (χ0v) is 26.6. The van der Waals surface area contributed by atoms with E-state index in [9.17, 15) is 4.79 Å². The predicted octanol–water partition coefficient (Wildman–Crippen LogP) is 7.18. The zero-order chi connectivity index (χ0) is 28.7. The van der Waals surface area contributed by atoms with Gasteiger partial charge in [0.05, 0.1) is 12.7 Å². The number of nitrogens with zero attached hydrogens (tertiary/aromatic N) is 1. The number of likely N-dealkylation sites (N-methyl/N-ethyl adjacent to an activating group) is 1. The summed E-state index contributed by atoms with van der Waals surface area (Å²) in [6.07, 6.45) is 12.8. The average molecular weight is 559 g/mol. The van der Waals surface area contributed by atoms with Gasteiger partial charge in [-0.05, 0) is 99.5 Å². The molecule has 6 heteroatoms. The molecule has 3 aliphatic carbocycles. The maximum Gasteiger partial charge on any atom is 0.407 e. The Balaban J connectivity index is 1.19. The molecule has 6 nitrogen and oxygen atoms in total. The molecule has 2 saturated carbocycles. The lowest BCUT2D eigenvalue weighted by Crippen LogP contribution is -2.50. The number of ether oxygens (including phenoxy) is 3. The second-order valence-electron chi connectivity index (χ2n) is 14.8. The van der Waals surface area contributed by atoms with Crippen molar-refractivity contribution in [3.63, 3.8) is 0 Å². The van der Waals surface area contributed by atoms with E-state index in [2.05, 4.69) is 64.8 Å². The van der Waals surface area contributed by atoms with Crippen LogP contribution in [0.25, 0.3) is 0 Å². The van der Waals surface area contributed by atoms with Gasteiger partial charge in [-0.1, -0.05) is 53.2 Å². The number of allylic oxidation sites excluding steroid dienone is 1. The van der Waals surface area contributed by atoms with Crippen molar-refractivity contribution in [1.29, 1.82) is 0 Å². The third-order valence-corrected chi connectivity index (χ3v) is 12.4. The molecule has 5 aliphatic rings. The predicted molar refractivity (Wildman–Crippen MR) is 160 cm³/mol. The second kappa shape index (κ2) is 11.9. The van der Waals surface area contributed by atoms with Crippen molar-refractivity contribution in [3.8, 4) is 0 Å². The molecule has 228 valence electrons. The van der Waals surface area contributed by atoms with Crippen LogP contribution in [-0.2, 0) is 14.2 Å². The van der Waals surface area contributed by atoms with Crippen LogP contribution in [0.2, 0.25) is 0 Å². The lowest BCUT2D eigenvalue weighted by Gasteiger charge is -2.57. The van der Waals surface area contributed by atoms with Gasteiger partial charge in [-0.3, -0.25) is 0 Å². The number of rotatable bonds is 7. The summed E-state index contributed by atoms with van der Waals surface area (Å²) in [4.78, 5) is 14.8. The van der Waals surface area contributed by atoms with Crippen molar-refractivity contribution < 1.29 is 19.0 Å². The minimum absolute atomic E-state index is 0.00456. The Bertz CT molecular complexity index is 925. The molecule has 5 rings (SSSR count). The molecule has 1 amide bonds. The first-order chi connectivity index (χ1) is 19.0. The van der Waals surface area contributed by atoms with Gasteiger partial charge in [0.15, 0.2) is 5.79 Å². The summed E-state index contributed by atoms with van der Waals surface area (Å²) in [7, 11) is 0. The van der Waals surface area contributed by atoms with E-state index in [1.165, 1.54) is 32.1 Å². The number of alkyl carbamates (subject to hydrolysis) is 1. The molecule has 2 heterocycles. The van der Waals surface area contributed by atoms with Crippen molar-refractivity contribution in [1.82, 2.24) is 10.2 Å². The van der Waals surface area contributed by atoms with Gasteiger partial charge in [-0.15, -0.1) is 0 Å². The van der Waals surface area contributed by atoms with E-state index in [1.54, 1.807) is 5.57 Å². The highest BCUT2D eigenvalue weighted by molar-refractivity contribution is 5.67. The number of hydrogen-bond acceptors (Lipinski definition) is 5. The average Bonchev–Trinajstić information content (AvgIpc) is 3.17. The third-order valence-electron chi connectivity index (χ3n) is 12.4. The summed E-state index contributed by atoms with van der Waals surface area (Å²) >= 11 is 0. The lowest BCUT2D eigenvalue weighted by atomic mass is 9.48. The third kappa shape index (κ3) is 5.63. The standard InChI is InChI=1S/C34H58N2O4/c1-8-36(9-2)19-18-35-31(37)39-28-13-16-33(7)27(20-28)11-10-26-21-32(6,15-14-29(26)33)30-24(4)34(40-25(30)5)17-12-23(3)22-38-34/h11,23-26,28-30H,8-10,12-22H2,1-7H3,(H,35,37)/t23-,24-,25-,26-,28-,29-,30-,32-,33-,34-/m0/s1. The lowest BCUT2D eigenvalue weighted by molar-refractivity contribution is -0.267. The minimum atomic E-state index is -0.363. The van der Waals surface area contributed by atoms with Crippen LogP contribution >= 0.6 is 0 Å². The molecule has 1 spiro atoms. The molecule has 0 aromatic heterocycles. The van der Waals surface area contributed by atoms with Crippen molar-refractivity contribution in [2.24, 2.45) is 40.4 Å². The van der Waals surface area contributed by atoms with Crippen LogP contribution in [0.5, 0.6) is 0 Å². The quantitative estimate of drug-likeness (QED) is 0.336. The summed E-state index contributed by atoms with van der Waals surface area (Å²) in [5, 5.41) is 2.98. The Morgan fingerprint density at radius 3 is 2.58 bits per heavy atom. The fourth-order valence-electron chi connectivity index (χ4n) is 10.0. The number of carbonyl (C=O) groups excluding carboxylic acids is 1. The molecular weight excluding hydrogens is 500 g/mol. The first-order valence-electron chi connectivity index (χ1n) is 16.7. The normalized spacial score (nSPS) is 45.1. The summed E-state index contributed by atoms with van der Waals surface area (Å²) in [6.45, 7) is 20.8. The van der Waals surface area contributed by atoms with Gasteiger partial charge in [0.1, 0.15) is 6.10 Å². The topological polar surface area (TPSA) is 60.0 Å². The fourth-order valence-corrected chi connectivity index (χ4v) is 10.0. The molecule has 0 unspecified atom stereocenters. The van der Waals surface area contributed by atoms with Crippen LogP contribution in [0.15, 0.2) is 11.6 Å². The Labute approximate surface area is 244 Å². The van der Waals surface area contributed by atoms with Crippen LogP contribution in [0, 0.1) is 40.4 Å². The molecule has 0 radical (unpaired) electrons. The fraction of sp³-hybridized carbons (Fsp3) is 0.912. The highest BCUT2D eigenvalue weighted by Gasteiger charge is 2.60. The molecule has 0 bridgehead atoms. The van der Waals surface area contributed by atoms with Gasteiger partial charge >= 0.3 is 6.09 Å². The molecule has 0 aromatic rings. The number of amides is 1. The number of carbonyl (C=O) groups is 1. The van der Waals surface area contributed by atoms with Crippen LogP contribution in [0.1, 0.15) is 106 Å². The molecule has 1 N–H and O–H groups in total. The Hall–Kier alpha value is -1.11. The van der Waals surface area contributed by atoms with Crippen molar-refractivity contribution in [3.05, 3.63) is 11.6 Å². The summed E-state index contributed by atoms with van der Waals surface area (Å²) in [5.74, 6) is 2.72. The van der Waals surface area contributed by atoms with Gasteiger partial charge < -0.3 is 24.4 Å². The van der Waals surface area contributed by atoms with E-state index in [-0.39, 0.29) is 29.5 Å². The van der Waals surface area contributed by atoms with E-state index in [1.807, 2.05) is 0 Å². The smallest absolute Gasteiger partial charge is 0.407 e. The second-order valence-corrected chi connectivity index (χ2v) is 14.8. The molecule has 2 saturated heterocycles. The van der Waals surface area contributed by atoms with Crippen molar-refractivity contribution >= 4 is 6.09 Å². The van der Waals surface area contributed by atoms with Gasteiger partial charge in [0, 0.05) is 31.8 Å². The molecule has 2 aliphatic heterocycles. The van der Waals surface area contributed by atoms with Crippen LogP contribution in [0.4, 0.5) is 4.79 Å². The van der Waals surface area contributed by atoms with Gasteiger partial charge in [-0.25, -0.2) is 4.79 Å². The first-order valence-corrected chi connectivity index (χ1v) is 16.7. The Morgan fingerprint density at radius 2 is 1.88 bits per heavy atom. The summed E-state index contributed by atoms with van der Waals surface area (Å²) < 4.78 is 19.1. The molecule has 0 aromatic carbocycles. The van der Waals surface area contributed by atoms with Gasteiger partial charge in [0.25, 0.3) is 0 Å². The number of nitrogens with one attached hydrogen (secondary N) is 1. The molecule has 40 heavy (non-hydrogen) atoms. The summed E-state index contributed by atoms with van der Waals surface area (Å²) in [5.41, 5.74) is 2.09. The SMILES string of the molecule is CCN(CC)CCNC(=O)O[C@H]1CC[C@@]2(C)C(=CC[C@H]3C[C@@](C)([C@@H]4[C@H](C)O[C@@]5(CC[C@H](C)CO5)[C@H]4C)CC[C@@H]32)C1.